The third-order valence-corrected chi connectivity index (χ3v) is 6.70. The molecule has 144 valence electrons. The second-order valence-corrected chi connectivity index (χ2v) is 8.64. The number of nitrogens with zero attached hydrogens (tertiary/aromatic N) is 1. The minimum atomic E-state index is 0.677. The summed E-state index contributed by atoms with van der Waals surface area (Å²) in [6.45, 7) is 4.98. The summed E-state index contributed by atoms with van der Waals surface area (Å²) >= 11 is 1.82. The molecule has 0 amide bonds. The number of benzene rings is 2. The van der Waals surface area contributed by atoms with Crippen molar-refractivity contribution in [2.24, 2.45) is 0 Å². The quantitative estimate of drug-likeness (QED) is 0.379. The molecule has 0 spiro atoms. The SMILES string of the molecule is c1ccc2c(c1)Oc1ccccc1-c1sc(COCCN3CCCCC3)cc1-2. The predicted molar refractivity (Wildman–Crippen MR) is 115 cm³/mol. The van der Waals surface area contributed by atoms with Gasteiger partial charge in [-0.05, 0) is 50.2 Å². The third kappa shape index (κ3) is 3.60. The van der Waals surface area contributed by atoms with Crippen molar-refractivity contribution < 1.29 is 9.47 Å². The Bertz CT molecular complexity index is 896. The van der Waals surface area contributed by atoms with E-state index in [0.29, 0.717) is 6.61 Å². The summed E-state index contributed by atoms with van der Waals surface area (Å²) in [5.74, 6) is 1.84. The zero-order chi connectivity index (χ0) is 18.8. The van der Waals surface area contributed by atoms with Crippen LogP contribution in [0.15, 0.2) is 54.6 Å². The summed E-state index contributed by atoms with van der Waals surface area (Å²) in [6, 6.07) is 18.9. The Kier molecular flexibility index (Phi) is 5.17. The number of hydrogen-bond acceptors (Lipinski definition) is 4. The van der Waals surface area contributed by atoms with Gasteiger partial charge in [-0.15, -0.1) is 11.3 Å². The van der Waals surface area contributed by atoms with Gasteiger partial charge in [-0.1, -0.05) is 36.8 Å². The average Bonchev–Trinajstić information content (AvgIpc) is 3.11. The van der Waals surface area contributed by atoms with Gasteiger partial charge >= 0.3 is 0 Å². The number of likely N-dealkylation sites (tertiary alicyclic amines) is 1. The maximum absolute atomic E-state index is 6.22. The van der Waals surface area contributed by atoms with Crippen LogP contribution in [0, 0.1) is 0 Å². The molecule has 0 saturated carbocycles. The largest absolute Gasteiger partial charge is 0.456 e. The first-order valence-electron chi connectivity index (χ1n) is 10.2. The molecule has 1 aromatic heterocycles. The fourth-order valence-electron chi connectivity index (χ4n) is 4.10. The smallest absolute Gasteiger partial charge is 0.136 e. The molecule has 2 aliphatic heterocycles. The Balaban J connectivity index is 1.36. The Morgan fingerprint density at radius 1 is 0.857 bits per heavy atom. The van der Waals surface area contributed by atoms with E-state index >= 15 is 0 Å². The van der Waals surface area contributed by atoms with Crippen LogP contribution in [0.5, 0.6) is 11.5 Å². The van der Waals surface area contributed by atoms with Gasteiger partial charge in [-0.25, -0.2) is 0 Å². The number of piperidine rings is 1. The minimum Gasteiger partial charge on any atom is -0.456 e. The van der Waals surface area contributed by atoms with Crippen LogP contribution in [-0.4, -0.2) is 31.1 Å². The molecule has 4 heteroatoms. The Morgan fingerprint density at radius 2 is 1.57 bits per heavy atom. The van der Waals surface area contributed by atoms with Gasteiger partial charge in [-0.3, -0.25) is 0 Å². The van der Waals surface area contributed by atoms with E-state index in [9.17, 15) is 0 Å². The Hall–Kier alpha value is -2.14. The molecule has 3 aromatic rings. The molecule has 5 rings (SSSR count). The van der Waals surface area contributed by atoms with Crippen LogP contribution in [0.4, 0.5) is 0 Å². The van der Waals surface area contributed by atoms with Gasteiger partial charge in [0.15, 0.2) is 0 Å². The van der Waals surface area contributed by atoms with Gasteiger partial charge in [0.05, 0.1) is 13.2 Å². The van der Waals surface area contributed by atoms with E-state index in [1.54, 1.807) is 0 Å². The van der Waals surface area contributed by atoms with Gasteiger partial charge < -0.3 is 14.4 Å². The fourth-order valence-corrected chi connectivity index (χ4v) is 5.24. The second kappa shape index (κ2) is 8.08. The summed E-state index contributed by atoms with van der Waals surface area (Å²) in [5, 5.41) is 0. The Labute approximate surface area is 170 Å². The lowest BCUT2D eigenvalue weighted by Gasteiger charge is -2.26. The maximum atomic E-state index is 6.22. The second-order valence-electron chi connectivity index (χ2n) is 7.50. The van der Waals surface area contributed by atoms with Crippen molar-refractivity contribution in [2.75, 3.05) is 26.2 Å². The van der Waals surface area contributed by atoms with Gasteiger partial charge in [0, 0.05) is 33.0 Å². The van der Waals surface area contributed by atoms with E-state index in [1.165, 1.54) is 53.2 Å². The molecule has 0 aliphatic carbocycles. The van der Waals surface area contributed by atoms with Gasteiger partial charge in [0.2, 0.25) is 0 Å². The van der Waals surface area contributed by atoms with E-state index < -0.39 is 0 Å². The molecule has 0 unspecified atom stereocenters. The number of thiophene rings is 1. The zero-order valence-electron chi connectivity index (χ0n) is 16.0. The van der Waals surface area contributed by atoms with Crippen LogP contribution in [0.3, 0.4) is 0 Å². The number of ether oxygens (including phenoxy) is 2. The molecule has 2 aliphatic rings. The molecule has 3 nitrogen and oxygen atoms in total. The molecular formula is C24H25NO2S. The molecule has 28 heavy (non-hydrogen) atoms. The first kappa shape index (κ1) is 17.9. The van der Waals surface area contributed by atoms with Gasteiger partial charge in [0.1, 0.15) is 11.5 Å². The van der Waals surface area contributed by atoms with Crippen molar-refractivity contribution >= 4 is 11.3 Å². The van der Waals surface area contributed by atoms with Crippen LogP contribution in [0.1, 0.15) is 24.1 Å². The molecule has 0 atom stereocenters. The third-order valence-electron chi connectivity index (χ3n) is 5.56. The lowest BCUT2D eigenvalue weighted by Crippen LogP contribution is -2.32. The topological polar surface area (TPSA) is 21.7 Å². The number of rotatable bonds is 5. The molecule has 3 heterocycles. The summed E-state index contributed by atoms with van der Waals surface area (Å²) in [7, 11) is 0. The highest BCUT2D eigenvalue weighted by Gasteiger charge is 2.22. The highest BCUT2D eigenvalue weighted by atomic mass is 32.1. The van der Waals surface area contributed by atoms with Gasteiger partial charge in [-0.2, -0.15) is 0 Å². The number of para-hydroxylation sites is 2. The fraction of sp³-hybridized carbons (Fsp3) is 0.333. The van der Waals surface area contributed by atoms with Crippen molar-refractivity contribution in [1.29, 1.82) is 0 Å². The minimum absolute atomic E-state index is 0.677. The molecule has 1 fully saturated rings. The van der Waals surface area contributed by atoms with Crippen LogP contribution >= 0.6 is 11.3 Å². The first-order valence-corrected chi connectivity index (χ1v) is 11.0. The highest BCUT2D eigenvalue weighted by Crippen LogP contribution is 2.49. The monoisotopic (exact) mass is 391 g/mol. The summed E-state index contributed by atoms with van der Waals surface area (Å²) in [6.07, 6.45) is 4.04. The van der Waals surface area contributed by atoms with E-state index in [0.717, 1.165) is 30.2 Å². The molecule has 0 N–H and O–H groups in total. The molecule has 2 aromatic carbocycles. The number of fused-ring (bicyclic) bond motifs is 5. The van der Waals surface area contributed by atoms with Gasteiger partial charge in [0.25, 0.3) is 0 Å². The average molecular weight is 392 g/mol. The zero-order valence-corrected chi connectivity index (χ0v) is 16.8. The molecular weight excluding hydrogens is 366 g/mol. The summed E-state index contributed by atoms with van der Waals surface area (Å²) in [4.78, 5) is 5.07. The van der Waals surface area contributed by atoms with Crippen LogP contribution in [0.2, 0.25) is 0 Å². The first-order chi connectivity index (χ1) is 13.9. The van der Waals surface area contributed by atoms with Crippen LogP contribution in [0.25, 0.3) is 21.6 Å². The van der Waals surface area contributed by atoms with Crippen LogP contribution in [-0.2, 0) is 11.3 Å². The normalized spacial score (nSPS) is 15.9. The molecule has 0 radical (unpaired) electrons. The summed E-state index contributed by atoms with van der Waals surface area (Å²) < 4.78 is 12.3. The maximum Gasteiger partial charge on any atom is 0.136 e. The highest BCUT2D eigenvalue weighted by molar-refractivity contribution is 7.16. The predicted octanol–water partition coefficient (Wildman–Crippen LogP) is 6.19. The van der Waals surface area contributed by atoms with E-state index in [2.05, 4.69) is 41.3 Å². The summed E-state index contributed by atoms with van der Waals surface area (Å²) in [5.41, 5.74) is 3.57. The van der Waals surface area contributed by atoms with Crippen molar-refractivity contribution in [2.45, 2.75) is 25.9 Å². The van der Waals surface area contributed by atoms with E-state index in [-0.39, 0.29) is 0 Å². The van der Waals surface area contributed by atoms with Crippen molar-refractivity contribution in [1.82, 2.24) is 4.90 Å². The molecule has 0 bridgehead atoms. The van der Waals surface area contributed by atoms with Crippen molar-refractivity contribution in [3.05, 3.63) is 59.5 Å². The molecule has 1 saturated heterocycles. The van der Waals surface area contributed by atoms with Crippen molar-refractivity contribution in [3.63, 3.8) is 0 Å². The van der Waals surface area contributed by atoms with Crippen LogP contribution < -0.4 is 4.74 Å². The number of hydrogen-bond donors (Lipinski definition) is 0. The van der Waals surface area contributed by atoms with Crippen molar-refractivity contribution in [3.8, 4) is 33.1 Å². The lowest BCUT2D eigenvalue weighted by molar-refractivity contribution is 0.0878. The lowest BCUT2D eigenvalue weighted by atomic mass is 10.0. The van der Waals surface area contributed by atoms with E-state index in [4.69, 9.17) is 9.47 Å². The standard InChI is InChI=1S/C24H25NO2S/c1-6-12-25(13-7-1)14-15-26-17-18-16-21-19-8-2-4-10-22(19)27-23-11-5-3-9-20(23)24(21)28-18/h2-5,8-11,16H,1,6-7,12-15,17H2. The Morgan fingerprint density at radius 3 is 2.39 bits per heavy atom. The van der Waals surface area contributed by atoms with E-state index in [1.807, 2.05) is 29.5 Å².